The summed E-state index contributed by atoms with van der Waals surface area (Å²) in [5, 5.41) is 2.53. The summed E-state index contributed by atoms with van der Waals surface area (Å²) in [6, 6.07) is 6.68. The second-order valence-corrected chi connectivity index (χ2v) is 3.31. The molecule has 0 aromatic heterocycles. The molecule has 14 heavy (non-hydrogen) atoms. The predicted octanol–water partition coefficient (Wildman–Crippen LogP) is 1.84. The zero-order chi connectivity index (χ0) is 11.8. The van der Waals surface area contributed by atoms with Crippen molar-refractivity contribution in [2.45, 2.75) is 18.6 Å². The molecule has 0 saturated heterocycles. The van der Waals surface area contributed by atoms with Crippen LogP contribution in [0.3, 0.4) is 0 Å². The van der Waals surface area contributed by atoms with Gasteiger partial charge in [0.15, 0.2) is 0 Å². The quantitative estimate of drug-likeness (QED) is 0.703. The molecule has 0 radical (unpaired) electrons. The molecule has 1 nitrogen and oxygen atoms in total. The number of hydrogen-bond donors (Lipinski definition) is 1. The first-order chi connectivity index (χ1) is 7.53. The smallest absolute Gasteiger partial charge is 0.124 e. The first-order valence-electron chi connectivity index (χ1n) is 5.51. The minimum atomic E-state index is -1.98. The van der Waals surface area contributed by atoms with Crippen molar-refractivity contribution < 1.29 is 7.13 Å². The molecule has 1 aliphatic rings. The lowest BCUT2D eigenvalue weighted by molar-refractivity contribution is 0.275. The Balaban J connectivity index is 2.27. The normalized spacial score (nSPS) is 27.4. The SMILES string of the molecule is [2H]C([2H])(C#C)NC1c2ccccc2CC1F. The Labute approximate surface area is 86.1 Å². The maximum Gasteiger partial charge on any atom is 0.124 e. The van der Waals surface area contributed by atoms with Gasteiger partial charge in [0.1, 0.15) is 6.17 Å². The van der Waals surface area contributed by atoms with Gasteiger partial charge in [-0.15, -0.1) is 6.42 Å². The molecule has 0 bridgehead atoms. The Morgan fingerprint density at radius 2 is 2.43 bits per heavy atom. The molecule has 2 heteroatoms. The Bertz CT molecular complexity index is 439. The van der Waals surface area contributed by atoms with Crippen molar-refractivity contribution in [3.63, 3.8) is 0 Å². The average molecular weight is 191 g/mol. The highest BCUT2D eigenvalue weighted by molar-refractivity contribution is 5.36. The summed E-state index contributed by atoms with van der Waals surface area (Å²) < 4.78 is 28.6. The van der Waals surface area contributed by atoms with E-state index in [-0.39, 0.29) is 0 Å². The zero-order valence-corrected chi connectivity index (χ0v) is 7.63. The maximum atomic E-state index is 13.7. The van der Waals surface area contributed by atoms with Gasteiger partial charge in [-0.2, -0.15) is 0 Å². The summed E-state index contributed by atoms with van der Waals surface area (Å²) in [4.78, 5) is 0. The number of terminal acetylenes is 1. The van der Waals surface area contributed by atoms with E-state index in [9.17, 15) is 4.39 Å². The average Bonchev–Trinajstić information content (AvgIpc) is 2.56. The van der Waals surface area contributed by atoms with E-state index in [1.165, 1.54) is 0 Å². The lowest BCUT2D eigenvalue weighted by Gasteiger charge is -2.14. The van der Waals surface area contributed by atoms with E-state index in [2.05, 4.69) is 5.32 Å². The second-order valence-electron chi connectivity index (χ2n) is 3.31. The van der Waals surface area contributed by atoms with E-state index in [1.807, 2.05) is 24.1 Å². The van der Waals surface area contributed by atoms with Crippen LogP contribution in [0.5, 0.6) is 0 Å². The van der Waals surface area contributed by atoms with Crippen molar-refractivity contribution in [2.75, 3.05) is 6.50 Å². The number of fused-ring (bicyclic) bond motifs is 1. The highest BCUT2D eigenvalue weighted by Crippen LogP contribution is 2.32. The van der Waals surface area contributed by atoms with Crippen LogP contribution in [-0.4, -0.2) is 12.7 Å². The predicted molar refractivity (Wildman–Crippen MR) is 54.6 cm³/mol. The first kappa shape index (κ1) is 7.03. The molecule has 2 rings (SSSR count). The van der Waals surface area contributed by atoms with E-state index < -0.39 is 18.7 Å². The minimum absolute atomic E-state index is 0.314. The van der Waals surface area contributed by atoms with Gasteiger partial charge in [0, 0.05) is 6.42 Å². The van der Waals surface area contributed by atoms with E-state index in [1.54, 1.807) is 6.07 Å². The van der Waals surface area contributed by atoms with Crippen LogP contribution in [0.4, 0.5) is 4.39 Å². The minimum Gasteiger partial charge on any atom is -0.297 e. The monoisotopic (exact) mass is 191 g/mol. The number of rotatable bonds is 2. The van der Waals surface area contributed by atoms with Gasteiger partial charge in [-0.1, -0.05) is 30.2 Å². The van der Waals surface area contributed by atoms with E-state index in [0.717, 1.165) is 11.1 Å². The van der Waals surface area contributed by atoms with Gasteiger partial charge < -0.3 is 0 Å². The third-order valence-electron chi connectivity index (χ3n) is 2.47. The molecule has 0 aliphatic heterocycles. The summed E-state index contributed by atoms with van der Waals surface area (Å²) in [5.74, 6) is 1.98. The topological polar surface area (TPSA) is 12.0 Å². The van der Waals surface area contributed by atoms with Gasteiger partial charge in [-0.05, 0) is 11.1 Å². The molecule has 1 aromatic rings. The fourth-order valence-corrected chi connectivity index (χ4v) is 1.83. The highest BCUT2D eigenvalue weighted by Gasteiger charge is 2.31. The van der Waals surface area contributed by atoms with Crippen LogP contribution >= 0.6 is 0 Å². The highest BCUT2D eigenvalue weighted by atomic mass is 19.1. The van der Waals surface area contributed by atoms with Gasteiger partial charge >= 0.3 is 0 Å². The molecule has 0 saturated carbocycles. The summed E-state index contributed by atoms with van der Waals surface area (Å²) in [6.07, 6.45) is 4.23. The Morgan fingerprint density at radius 1 is 1.64 bits per heavy atom. The summed E-state index contributed by atoms with van der Waals surface area (Å²) in [5.41, 5.74) is 1.72. The van der Waals surface area contributed by atoms with Crippen LogP contribution < -0.4 is 5.32 Å². The van der Waals surface area contributed by atoms with Crippen LogP contribution in [0.1, 0.15) is 19.9 Å². The van der Waals surface area contributed by atoms with Crippen molar-refractivity contribution in [1.29, 1.82) is 0 Å². The van der Waals surface area contributed by atoms with Crippen molar-refractivity contribution in [3.05, 3.63) is 35.4 Å². The number of alkyl halides is 1. The number of halogens is 1. The van der Waals surface area contributed by atoms with Gasteiger partial charge in [0.05, 0.1) is 15.3 Å². The zero-order valence-electron chi connectivity index (χ0n) is 9.63. The first-order valence-corrected chi connectivity index (χ1v) is 4.51. The van der Waals surface area contributed by atoms with Crippen LogP contribution in [-0.2, 0) is 6.42 Å². The van der Waals surface area contributed by atoms with Gasteiger partial charge in [-0.25, -0.2) is 4.39 Å². The lowest BCUT2D eigenvalue weighted by Crippen LogP contribution is -2.26. The molecule has 72 valence electrons. The third-order valence-corrected chi connectivity index (χ3v) is 2.47. The van der Waals surface area contributed by atoms with Crippen LogP contribution in [0.2, 0.25) is 0 Å². The maximum absolute atomic E-state index is 13.7. The molecule has 1 N–H and O–H groups in total. The Morgan fingerprint density at radius 3 is 3.21 bits per heavy atom. The molecule has 2 atom stereocenters. The fourth-order valence-electron chi connectivity index (χ4n) is 1.83. The standard InChI is InChI=1S/C12H12FN/c1-2-7-14-12-10-6-4-3-5-9(10)8-11(12)13/h1,3-6,11-12,14H,7-8H2/i7D2. The van der Waals surface area contributed by atoms with Crippen LogP contribution in [0.15, 0.2) is 24.3 Å². The number of hydrogen-bond acceptors (Lipinski definition) is 1. The van der Waals surface area contributed by atoms with Crippen LogP contribution in [0.25, 0.3) is 0 Å². The van der Waals surface area contributed by atoms with Crippen molar-refractivity contribution in [1.82, 2.24) is 5.32 Å². The molecule has 0 spiro atoms. The summed E-state index contributed by atoms with van der Waals surface area (Å²) >= 11 is 0. The molecular formula is C12H12FN. The van der Waals surface area contributed by atoms with Gasteiger partial charge in [-0.3, -0.25) is 5.32 Å². The van der Waals surface area contributed by atoms with E-state index in [0.29, 0.717) is 6.42 Å². The largest absolute Gasteiger partial charge is 0.297 e. The molecule has 1 aliphatic carbocycles. The molecule has 0 amide bonds. The summed E-state index contributed by atoms with van der Waals surface area (Å²) in [7, 11) is 0. The Kier molecular flexibility index (Phi) is 1.91. The molecule has 2 unspecified atom stereocenters. The van der Waals surface area contributed by atoms with Crippen molar-refractivity contribution in [3.8, 4) is 12.3 Å². The second kappa shape index (κ2) is 3.81. The van der Waals surface area contributed by atoms with Crippen molar-refractivity contribution >= 4 is 0 Å². The van der Waals surface area contributed by atoms with E-state index >= 15 is 0 Å². The van der Waals surface area contributed by atoms with Gasteiger partial charge in [0.2, 0.25) is 0 Å². The molecular weight excluding hydrogens is 177 g/mol. The molecule has 1 aromatic carbocycles. The Hall–Kier alpha value is -1.33. The summed E-state index contributed by atoms with van der Waals surface area (Å²) in [6.45, 7) is -1.98. The molecule has 0 fully saturated rings. The third kappa shape index (κ3) is 1.51. The number of benzene rings is 1. The fraction of sp³-hybridized carbons (Fsp3) is 0.333. The van der Waals surface area contributed by atoms with Crippen molar-refractivity contribution in [2.24, 2.45) is 0 Å². The van der Waals surface area contributed by atoms with Gasteiger partial charge in [0.25, 0.3) is 0 Å². The van der Waals surface area contributed by atoms with E-state index in [4.69, 9.17) is 9.16 Å². The lowest BCUT2D eigenvalue weighted by atomic mass is 10.1. The molecule has 0 heterocycles. The van der Waals surface area contributed by atoms with Crippen LogP contribution in [0, 0.1) is 12.3 Å². The number of nitrogens with one attached hydrogen (secondary N) is 1.